The van der Waals surface area contributed by atoms with Crippen molar-refractivity contribution in [3.05, 3.63) is 52.1 Å². The maximum absolute atomic E-state index is 10.9. The third-order valence-corrected chi connectivity index (χ3v) is 4.45. The van der Waals surface area contributed by atoms with Crippen LogP contribution in [0.15, 0.2) is 30.3 Å². The molecule has 1 aromatic carbocycles. The van der Waals surface area contributed by atoms with Crippen molar-refractivity contribution in [3.63, 3.8) is 0 Å². The monoisotopic (exact) mass is 338 g/mol. The SMILES string of the molecule is CCc1nc2n(n1)CC(Nc1ccc3cc([N+](=O)[O-])ccc3n1)CC2. The number of nitrogens with zero attached hydrogens (tertiary/aromatic N) is 5. The van der Waals surface area contributed by atoms with Crippen LogP contribution in [0.1, 0.15) is 25.0 Å². The molecule has 0 bridgehead atoms. The van der Waals surface area contributed by atoms with E-state index in [1.54, 1.807) is 12.1 Å². The maximum atomic E-state index is 10.9. The summed E-state index contributed by atoms with van der Waals surface area (Å²) in [6.45, 7) is 2.82. The molecule has 4 rings (SSSR count). The lowest BCUT2D eigenvalue weighted by Crippen LogP contribution is -2.32. The standard InChI is InChI=1S/C17H18N6O2/c1-2-15-20-17-8-4-12(10-22(17)21-15)18-16-7-3-11-9-13(23(24)25)5-6-14(11)19-16/h3,5-7,9,12H,2,4,8,10H2,1H3,(H,18,19). The highest BCUT2D eigenvalue weighted by Gasteiger charge is 2.21. The molecule has 1 unspecified atom stereocenters. The number of nitro groups is 1. The molecule has 1 aliphatic heterocycles. The van der Waals surface area contributed by atoms with E-state index in [4.69, 9.17) is 0 Å². The molecule has 1 N–H and O–H groups in total. The van der Waals surface area contributed by atoms with E-state index in [2.05, 4.69) is 27.3 Å². The predicted molar refractivity (Wildman–Crippen MR) is 93.5 cm³/mol. The molecule has 0 spiro atoms. The van der Waals surface area contributed by atoms with Crippen LogP contribution in [0, 0.1) is 10.1 Å². The van der Waals surface area contributed by atoms with E-state index in [-0.39, 0.29) is 11.7 Å². The zero-order valence-electron chi connectivity index (χ0n) is 13.8. The number of hydrogen-bond donors (Lipinski definition) is 1. The largest absolute Gasteiger partial charge is 0.365 e. The van der Waals surface area contributed by atoms with Crippen LogP contribution in [0.4, 0.5) is 11.5 Å². The van der Waals surface area contributed by atoms with Crippen molar-refractivity contribution >= 4 is 22.4 Å². The first-order chi connectivity index (χ1) is 12.1. The molecule has 0 saturated carbocycles. The second-order valence-corrected chi connectivity index (χ2v) is 6.19. The molecule has 1 atom stereocenters. The van der Waals surface area contributed by atoms with E-state index in [0.717, 1.165) is 54.2 Å². The van der Waals surface area contributed by atoms with Gasteiger partial charge in [0.15, 0.2) is 5.82 Å². The van der Waals surface area contributed by atoms with Crippen LogP contribution < -0.4 is 5.32 Å². The molecule has 0 radical (unpaired) electrons. The van der Waals surface area contributed by atoms with Crippen molar-refractivity contribution in [3.8, 4) is 0 Å². The van der Waals surface area contributed by atoms with Gasteiger partial charge in [-0.3, -0.25) is 10.1 Å². The summed E-state index contributed by atoms with van der Waals surface area (Å²) in [5.74, 6) is 2.71. The highest BCUT2D eigenvalue weighted by Crippen LogP contribution is 2.22. The number of fused-ring (bicyclic) bond motifs is 2. The quantitative estimate of drug-likeness (QED) is 0.580. The van der Waals surface area contributed by atoms with Gasteiger partial charge in [0.1, 0.15) is 11.6 Å². The van der Waals surface area contributed by atoms with Gasteiger partial charge in [-0.05, 0) is 24.6 Å². The molecule has 8 heteroatoms. The number of aryl methyl sites for hydroxylation is 2. The van der Waals surface area contributed by atoms with Gasteiger partial charge in [-0.25, -0.2) is 14.6 Å². The molecular weight excluding hydrogens is 320 g/mol. The summed E-state index contributed by atoms with van der Waals surface area (Å²) in [6.07, 6.45) is 2.71. The maximum Gasteiger partial charge on any atom is 0.270 e. The van der Waals surface area contributed by atoms with Crippen LogP contribution in [0.3, 0.4) is 0 Å². The Hall–Kier alpha value is -3.03. The number of nitrogens with one attached hydrogen (secondary N) is 1. The number of aromatic nitrogens is 4. The Morgan fingerprint density at radius 3 is 3.00 bits per heavy atom. The summed E-state index contributed by atoms with van der Waals surface area (Å²) < 4.78 is 1.98. The molecule has 3 heterocycles. The summed E-state index contributed by atoms with van der Waals surface area (Å²) >= 11 is 0. The molecule has 8 nitrogen and oxygen atoms in total. The molecule has 128 valence electrons. The molecule has 1 aliphatic rings. The highest BCUT2D eigenvalue weighted by molar-refractivity contribution is 5.82. The van der Waals surface area contributed by atoms with Gasteiger partial charge in [0.25, 0.3) is 5.69 Å². The van der Waals surface area contributed by atoms with Crippen LogP contribution >= 0.6 is 0 Å². The Morgan fingerprint density at radius 1 is 1.32 bits per heavy atom. The summed E-state index contributed by atoms with van der Waals surface area (Å²) in [5, 5.41) is 19.6. The number of benzene rings is 1. The third kappa shape index (κ3) is 3.02. The van der Waals surface area contributed by atoms with Gasteiger partial charge in [0, 0.05) is 36.4 Å². The van der Waals surface area contributed by atoms with Crippen molar-refractivity contribution in [1.82, 2.24) is 19.7 Å². The van der Waals surface area contributed by atoms with E-state index < -0.39 is 4.92 Å². The molecule has 0 amide bonds. The molecule has 0 saturated heterocycles. The fourth-order valence-electron chi connectivity index (χ4n) is 3.14. The Morgan fingerprint density at radius 2 is 2.20 bits per heavy atom. The smallest absolute Gasteiger partial charge is 0.270 e. The normalized spacial score (nSPS) is 16.6. The van der Waals surface area contributed by atoms with E-state index in [0.29, 0.717) is 0 Å². The Kier molecular flexibility index (Phi) is 3.79. The van der Waals surface area contributed by atoms with Gasteiger partial charge >= 0.3 is 0 Å². The van der Waals surface area contributed by atoms with E-state index >= 15 is 0 Å². The molecule has 2 aromatic heterocycles. The fraction of sp³-hybridized carbons (Fsp3) is 0.353. The minimum absolute atomic E-state index is 0.0766. The first kappa shape index (κ1) is 15.5. The molecule has 0 fully saturated rings. The summed E-state index contributed by atoms with van der Waals surface area (Å²) in [7, 11) is 0. The molecule has 0 aliphatic carbocycles. The molecular formula is C17H18N6O2. The number of nitro benzene ring substituents is 1. The average Bonchev–Trinajstić information content (AvgIpc) is 3.03. The average molecular weight is 338 g/mol. The first-order valence-electron chi connectivity index (χ1n) is 8.36. The van der Waals surface area contributed by atoms with Crippen LogP contribution in [0.25, 0.3) is 10.9 Å². The second-order valence-electron chi connectivity index (χ2n) is 6.19. The summed E-state index contributed by atoms with van der Waals surface area (Å²) in [5.41, 5.74) is 0.814. The lowest BCUT2D eigenvalue weighted by molar-refractivity contribution is -0.384. The number of non-ortho nitro benzene ring substituents is 1. The van der Waals surface area contributed by atoms with Crippen LogP contribution in [0.2, 0.25) is 0 Å². The van der Waals surface area contributed by atoms with Gasteiger partial charge in [0.2, 0.25) is 0 Å². The lowest BCUT2D eigenvalue weighted by Gasteiger charge is -2.24. The van der Waals surface area contributed by atoms with Crippen molar-refractivity contribution in [2.24, 2.45) is 0 Å². The van der Waals surface area contributed by atoms with E-state index in [1.807, 2.05) is 16.8 Å². The van der Waals surface area contributed by atoms with Crippen LogP contribution in [-0.4, -0.2) is 30.7 Å². The zero-order valence-corrected chi connectivity index (χ0v) is 13.8. The molecule has 25 heavy (non-hydrogen) atoms. The van der Waals surface area contributed by atoms with E-state index in [9.17, 15) is 10.1 Å². The highest BCUT2D eigenvalue weighted by atomic mass is 16.6. The van der Waals surface area contributed by atoms with Crippen molar-refractivity contribution < 1.29 is 4.92 Å². The van der Waals surface area contributed by atoms with Gasteiger partial charge in [-0.2, -0.15) is 5.10 Å². The fourth-order valence-corrected chi connectivity index (χ4v) is 3.14. The van der Waals surface area contributed by atoms with Crippen molar-refractivity contribution in [1.29, 1.82) is 0 Å². The minimum atomic E-state index is -0.395. The lowest BCUT2D eigenvalue weighted by atomic mass is 10.1. The van der Waals surface area contributed by atoms with Crippen LogP contribution in [-0.2, 0) is 19.4 Å². The van der Waals surface area contributed by atoms with Crippen LogP contribution in [0.5, 0.6) is 0 Å². The predicted octanol–water partition coefficient (Wildman–Crippen LogP) is 2.72. The molecule has 3 aromatic rings. The number of pyridine rings is 1. The zero-order chi connectivity index (χ0) is 17.4. The number of anilines is 1. The Labute approximate surface area is 144 Å². The van der Waals surface area contributed by atoms with Gasteiger partial charge in [0.05, 0.1) is 17.0 Å². The van der Waals surface area contributed by atoms with Gasteiger partial charge < -0.3 is 5.32 Å². The van der Waals surface area contributed by atoms with Gasteiger partial charge in [-0.15, -0.1) is 0 Å². The van der Waals surface area contributed by atoms with Gasteiger partial charge in [-0.1, -0.05) is 6.92 Å². The minimum Gasteiger partial charge on any atom is -0.365 e. The van der Waals surface area contributed by atoms with E-state index in [1.165, 1.54) is 6.07 Å². The third-order valence-electron chi connectivity index (χ3n) is 4.45. The first-order valence-corrected chi connectivity index (χ1v) is 8.36. The Balaban J connectivity index is 1.52. The Bertz CT molecular complexity index is 951. The van der Waals surface area contributed by atoms with Crippen molar-refractivity contribution in [2.45, 2.75) is 38.8 Å². The topological polar surface area (TPSA) is 98.8 Å². The second kappa shape index (κ2) is 6.12. The summed E-state index contributed by atoms with van der Waals surface area (Å²) in [6, 6.07) is 8.66. The summed E-state index contributed by atoms with van der Waals surface area (Å²) in [4.78, 5) is 19.6. The number of hydrogen-bond acceptors (Lipinski definition) is 6. The van der Waals surface area contributed by atoms with Crippen molar-refractivity contribution in [2.75, 3.05) is 5.32 Å². The number of rotatable bonds is 4.